The van der Waals surface area contributed by atoms with E-state index < -0.39 is 0 Å². The van der Waals surface area contributed by atoms with Gasteiger partial charge in [0.15, 0.2) is 6.61 Å². The standard InChI is InChI=1S/C14H17Cl2NO2/c1-10-4-3-7-17(8-10)13(18)9-19-12-6-2-5-11(15)14(12)16/h2,5-6,10H,3-4,7-9H2,1H3. The summed E-state index contributed by atoms with van der Waals surface area (Å²) in [5.41, 5.74) is 0. The van der Waals surface area contributed by atoms with Crippen LogP contribution in [0, 0.1) is 5.92 Å². The second kappa shape index (κ2) is 6.49. The molecule has 104 valence electrons. The molecule has 0 saturated carbocycles. The van der Waals surface area contributed by atoms with Crippen molar-refractivity contribution >= 4 is 29.1 Å². The molecule has 0 radical (unpaired) electrons. The van der Waals surface area contributed by atoms with E-state index in [9.17, 15) is 4.79 Å². The number of rotatable bonds is 3. The number of halogens is 2. The Hall–Kier alpha value is -0.930. The molecule has 1 fully saturated rings. The maximum absolute atomic E-state index is 12.0. The van der Waals surface area contributed by atoms with Crippen molar-refractivity contribution in [3.8, 4) is 5.75 Å². The molecule has 0 spiro atoms. The molecule has 5 heteroatoms. The van der Waals surface area contributed by atoms with Crippen molar-refractivity contribution in [2.45, 2.75) is 19.8 Å². The molecule has 1 saturated heterocycles. The third kappa shape index (κ3) is 3.77. The third-order valence-corrected chi connectivity index (χ3v) is 4.08. The van der Waals surface area contributed by atoms with E-state index in [0.717, 1.165) is 19.5 Å². The van der Waals surface area contributed by atoms with Crippen LogP contribution in [0.2, 0.25) is 10.0 Å². The third-order valence-electron chi connectivity index (χ3n) is 3.28. The number of hydrogen-bond donors (Lipinski definition) is 0. The summed E-state index contributed by atoms with van der Waals surface area (Å²) >= 11 is 11.9. The van der Waals surface area contributed by atoms with Gasteiger partial charge in [0.05, 0.1) is 5.02 Å². The average molecular weight is 302 g/mol. The van der Waals surface area contributed by atoms with Crippen LogP contribution >= 0.6 is 23.2 Å². The van der Waals surface area contributed by atoms with Crippen molar-refractivity contribution in [2.24, 2.45) is 5.92 Å². The SMILES string of the molecule is CC1CCCN(C(=O)COc2cccc(Cl)c2Cl)C1. The van der Waals surface area contributed by atoms with Gasteiger partial charge in [-0.15, -0.1) is 0 Å². The minimum Gasteiger partial charge on any atom is -0.482 e. The van der Waals surface area contributed by atoms with Crippen LogP contribution in [0.5, 0.6) is 5.75 Å². The summed E-state index contributed by atoms with van der Waals surface area (Å²) in [6, 6.07) is 5.14. The molecule has 1 aliphatic heterocycles. The Kier molecular flexibility index (Phi) is 4.94. The number of hydrogen-bond acceptors (Lipinski definition) is 2. The van der Waals surface area contributed by atoms with Crippen LogP contribution in [0.3, 0.4) is 0 Å². The van der Waals surface area contributed by atoms with Crippen LogP contribution in [0.15, 0.2) is 18.2 Å². The minimum atomic E-state index is 0.00240. The van der Waals surface area contributed by atoms with E-state index in [-0.39, 0.29) is 12.5 Å². The highest BCUT2D eigenvalue weighted by Gasteiger charge is 2.21. The van der Waals surface area contributed by atoms with E-state index in [1.54, 1.807) is 18.2 Å². The van der Waals surface area contributed by atoms with E-state index in [1.165, 1.54) is 6.42 Å². The highest BCUT2D eigenvalue weighted by Crippen LogP contribution is 2.31. The molecular weight excluding hydrogens is 285 g/mol. The summed E-state index contributed by atoms with van der Waals surface area (Å²) in [6.07, 6.45) is 2.25. The molecule has 1 amide bonds. The van der Waals surface area contributed by atoms with Crippen LogP contribution in [0.4, 0.5) is 0 Å². The quantitative estimate of drug-likeness (QED) is 0.853. The summed E-state index contributed by atoms with van der Waals surface area (Å²) in [5, 5.41) is 0.780. The van der Waals surface area contributed by atoms with Crippen molar-refractivity contribution in [3.63, 3.8) is 0 Å². The van der Waals surface area contributed by atoms with Crippen LogP contribution in [0.1, 0.15) is 19.8 Å². The Bertz CT molecular complexity index is 465. The van der Waals surface area contributed by atoms with Gasteiger partial charge in [0, 0.05) is 13.1 Å². The highest BCUT2D eigenvalue weighted by molar-refractivity contribution is 6.42. The lowest BCUT2D eigenvalue weighted by atomic mass is 10.0. The molecule has 2 rings (SSSR count). The lowest BCUT2D eigenvalue weighted by Crippen LogP contribution is -2.41. The minimum absolute atomic E-state index is 0.00240. The van der Waals surface area contributed by atoms with E-state index in [2.05, 4.69) is 6.92 Å². The molecule has 1 unspecified atom stereocenters. The maximum Gasteiger partial charge on any atom is 0.260 e. The first-order valence-electron chi connectivity index (χ1n) is 6.42. The second-order valence-electron chi connectivity index (χ2n) is 4.93. The number of likely N-dealkylation sites (tertiary alicyclic amines) is 1. The molecule has 1 aromatic carbocycles. The molecule has 0 aliphatic carbocycles. The predicted octanol–water partition coefficient (Wildman–Crippen LogP) is 3.63. The van der Waals surface area contributed by atoms with Gasteiger partial charge in [-0.3, -0.25) is 4.79 Å². The first-order valence-corrected chi connectivity index (χ1v) is 7.18. The van der Waals surface area contributed by atoms with Crippen molar-refractivity contribution in [2.75, 3.05) is 19.7 Å². The number of benzene rings is 1. The molecule has 0 N–H and O–H groups in total. The molecule has 1 aliphatic rings. The second-order valence-corrected chi connectivity index (χ2v) is 5.71. The fourth-order valence-electron chi connectivity index (χ4n) is 2.24. The van der Waals surface area contributed by atoms with Crippen molar-refractivity contribution in [3.05, 3.63) is 28.2 Å². The smallest absolute Gasteiger partial charge is 0.260 e. The number of piperidine rings is 1. The van der Waals surface area contributed by atoms with Gasteiger partial charge < -0.3 is 9.64 Å². The summed E-state index contributed by atoms with van der Waals surface area (Å²) in [4.78, 5) is 13.9. The van der Waals surface area contributed by atoms with E-state index in [4.69, 9.17) is 27.9 Å². The van der Waals surface area contributed by atoms with Gasteiger partial charge in [0.1, 0.15) is 10.8 Å². The monoisotopic (exact) mass is 301 g/mol. The fraction of sp³-hybridized carbons (Fsp3) is 0.500. The summed E-state index contributed by atoms with van der Waals surface area (Å²) in [5.74, 6) is 1.02. The lowest BCUT2D eigenvalue weighted by Gasteiger charge is -2.30. The Morgan fingerprint density at radius 1 is 1.47 bits per heavy atom. The first-order chi connectivity index (χ1) is 9.08. The van der Waals surface area contributed by atoms with Gasteiger partial charge in [-0.05, 0) is 30.9 Å². The maximum atomic E-state index is 12.0. The highest BCUT2D eigenvalue weighted by atomic mass is 35.5. The molecule has 1 atom stereocenters. The zero-order valence-corrected chi connectivity index (χ0v) is 12.4. The van der Waals surface area contributed by atoms with Gasteiger partial charge in [0.2, 0.25) is 0 Å². The van der Waals surface area contributed by atoms with Gasteiger partial charge in [0.25, 0.3) is 5.91 Å². The van der Waals surface area contributed by atoms with E-state index >= 15 is 0 Å². The zero-order valence-electron chi connectivity index (χ0n) is 10.9. The van der Waals surface area contributed by atoms with Crippen molar-refractivity contribution in [1.82, 2.24) is 4.90 Å². The first kappa shape index (κ1) is 14.5. The number of amides is 1. The van der Waals surface area contributed by atoms with Crippen LogP contribution in [-0.2, 0) is 4.79 Å². The summed E-state index contributed by atoms with van der Waals surface area (Å²) in [7, 11) is 0. The van der Waals surface area contributed by atoms with Gasteiger partial charge in [-0.2, -0.15) is 0 Å². The molecule has 0 aromatic heterocycles. The topological polar surface area (TPSA) is 29.5 Å². The van der Waals surface area contributed by atoms with Crippen molar-refractivity contribution < 1.29 is 9.53 Å². The van der Waals surface area contributed by atoms with Crippen LogP contribution in [0.25, 0.3) is 0 Å². The average Bonchev–Trinajstić information content (AvgIpc) is 2.40. The van der Waals surface area contributed by atoms with Gasteiger partial charge >= 0.3 is 0 Å². The summed E-state index contributed by atoms with van der Waals surface area (Å²) in [6.45, 7) is 3.79. The Morgan fingerprint density at radius 3 is 3.00 bits per heavy atom. The molecule has 0 bridgehead atoms. The molecule has 1 aromatic rings. The number of ether oxygens (including phenoxy) is 1. The predicted molar refractivity (Wildman–Crippen MR) is 76.9 cm³/mol. The van der Waals surface area contributed by atoms with Crippen molar-refractivity contribution in [1.29, 1.82) is 0 Å². The Labute approximate surface area is 123 Å². The lowest BCUT2D eigenvalue weighted by molar-refractivity contribution is -0.135. The molecule has 19 heavy (non-hydrogen) atoms. The van der Waals surface area contributed by atoms with E-state index in [0.29, 0.717) is 21.7 Å². The number of nitrogens with zero attached hydrogens (tertiary/aromatic N) is 1. The molecule has 3 nitrogen and oxygen atoms in total. The number of carbonyl (C=O) groups is 1. The van der Waals surface area contributed by atoms with Gasteiger partial charge in [-0.1, -0.05) is 36.2 Å². The molecule has 1 heterocycles. The number of carbonyl (C=O) groups excluding carboxylic acids is 1. The van der Waals surface area contributed by atoms with E-state index in [1.807, 2.05) is 4.90 Å². The Morgan fingerprint density at radius 2 is 2.26 bits per heavy atom. The largest absolute Gasteiger partial charge is 0.482 e. The Balaban J connectivity index is 1.91. The summed E-state index contributed by atoms with van der Waals surface area (Å²) < 4.78 is 5.46. The fourth-order valence-corrected chi connectivity index (χ4v) is 2.59. The van der Waals surface area contributed by atoms with Crippen LogP contribution in [-0.4, -0.2) is 30.5 Å². The normalized spacial score (nSPS) is 19.3. The van der Waals surface area contributed by atoms with Crippen LogP contribution < -0.4 is 4.74 Å². The molecular formula is C14H17Cl2NO2. The van der Waals surface area contributed by atoms with Gasteiger partial charge in [-0.25, -0.2) is 0 Å². The zero-order chi connectivity index (χ0) is 13.8.